The first-order chi connectivity index (χ1) is 9.11. The van der Waals surface area contributed by atoms with Crippen molar-refractivity contribution in [3.63, 3.8) is 0 Å². The van der Waals surface area contributed by atoms with Gasteiger partial charge >= 0.3 is 0 Å². The molecule has 0 radical (unpaired) electrons. The summed E-state index contributed by atoms with van der Waals surface area (Å²) in [6, 6.07) is 10.6. The standard InChI is InChI=1S/C16H22N2O/c1-4-14-10-16(19)18(12-14)11-13(2)17(3)15-8-6-5-7-9-15/h4-9,13-14H,1,10-12H2,2-3H3. The van der Waals surface area contributed by atoms with Crippen molar-refractivity contribution in [1.82, 2.24) is 4.90 Å². The van der Waals surface area contributed by atoms with Gasteiger partial charge < -0.3 is 9.80 Å². The monoisotopic (exact) mass is 258 g/mol. The van der Waals surface area contributed by atoms with Crippen molar-refractivity contribution in [1.29, 1.82) is 0 Å². The molecule has 0 bridgehead atoms. The Hall–Kier alpha value is -1.77. The van der Waals surface area contributed by atoms with E-state index >= 15 is 0 Å². The summed E-state index contributed by atoms with van der Waals surface area (Å²) in [4.78, 5) is 16.1. The zero-order chi connectivity index (χ0) is 13.8. The Bertz CT molecular complexity index is 443. The molecule has 1 aromatic carbocycles. The third kappa shape index (κ3) is 3.16. The van der Waals surface area contributed by atoms with Crippen molar-refractivity contribution >= 4 is 11.6 Å². The van der Waals surface area contributed by atoms with Gasteiger partial charge in [-0.15, -0.1) is 6.58 Å². The molecule has 0 N–H and O–H groups in total. The maximum absolute atomic E-state index is 11.9. The predicted octanol–water partition coefficient (Wildman–Crippen LogP) is 2.55. The van der Waals surface area contributed by atoms with Crippen LogP contribution in [0.5, 0.6) is 0 Å². The van der Waals surface area contributed by atoms with E-state index in [9.17, 15) is 4.79 Å². The number of rotatable bonds is 5. The van der Waals surface area contributed by atoms with Crippen molar-refractivity contribution in [2.24, 2.45) is 5.92 Å². The van der Waals surface area contributed by atoms with E-state index in [1.54, 1.807) is 0 Å². The van der Waals surface area contributed by atoms with Crippen LogP contribution in [0.1, 0.15) is 13.3 Å². The highest BCUT2D eigenvalue weighted by atomic mass is 16.2. The number of likely N-dealkylation sites (N-methyl/N-ethyl adjacent to an activating group) is 1. The van der Waals surface area contributed by atoms with Crippen molar-refractivity contribution < 1.29 is 4.79 Å². The molecule has 1 fully saturated rings. The lowest BCUT2D eigenvalue weighted by molar-refractivity contribution is -0.127. The van der Waals surface area contributed by atoms with Crippen molar-refractivity contribution in [3.05, 3.63) is 43.0 Å². The van der Waals surface area contributed by atoms with E-state index in [2.05, 4.69) is 37.6 Å². The summed E-state index contributed by atoms with van der Waals surface area (Å²) < 4.78 is 0. The van der Waals surface area contributed by atoms with Gasteiger partial charge in [-0.05, 0) is 19.1 Å². The summed E-state index contributed by atoms with van der Waals surface area (Å²) in [5.41, 5.74) is 1.18. The van der Waals surface area contributed by atoms with Crippen LogP contribution in [0, 0.1) is 5.92 Å². The second kappa shape index (κ2) is 5.91. The predicted molar refractivity (Wildman–Crippen MR) is 79.2 cm³/mol. The number of hydrogen-bond donors (Lipinski definition) is 0. The average Bonchev–Trinajstić information content (AvgIpc) is 2.79. The lowest BCUT2D eigenvalue weighted by Gasteiger charge is -2.30. The number of benzene rings is 1. The fraction of sp³-hybridized carbons (Fsp3) is 0.438. The molecule has 1 aliphatic heterocycles. The second-order valence-corrected chi connectivity index (χ2v) is 5.29. The van der Waals surface area contributed by atoms with Gasteiger partial charge in [-0.1, -0.05) is 24.3 Å². The zero-order valence-corrected chi connectivity index (χ0v) is 11.7. The molecule has 0 saturated carbocycles. The van der Waals surface area contributed by atoms with Crippen LogP contribution in [-0.4, -0.2) is 37.0 Å². The molecule has 0 aromatic heterocycles. The van der Waals surface area contributed by atoms with Crippen LogP contribution in [0.15, 0.2) is 43.0 Å². The van der Waals surface area contributed by atoms with E-state index in [1.807, 2.05) is 29.2 Å². The highest BCUT2D eigenvalue weighted by molar-refractivity contribution is 5.79. The van der Waals surface area contributed by atoms with Gasteiger partial charge in [0, 0.05) is 44.2 Å². The van der Waals surface area contributed by atoms with Gasteiger partial charge in [0.25, 0.3) is 0 Å². The maximum atomic E-state index is 11.9. The van der Waals surface area contributed by atoms with Crippen molar-refractivity contribution in [3.8, 4) is 0 Å². The Kier molecular flexibility index (Phi) is 4.25. The number of carbonyl (C=O) groups excluding carboxylic acids is 1. The molecule has 1 saturated heterocycles. The molecule has 102 valence electrons. The molecule has 2 unspecified atom stereocenters. The Morgan fingerprint density at radius 3 is 2.74 bits per heavy atom. The van der Waals surface area contributed by atoms with Gasteiger partial charge in [-0.2, -0.15) is 0 Å². The van der Waals surface area contributed by atoms with Crippen LogP contribution >= 0.6 is 0 Å². The molecule has 2 rings (SSSR count). The van der Waals surface area contributed by atoms with Crippen molar-refractivity contribution in [2.75, 3.05) is 25.0 Å². The highest BCUT2D eigenvalue weighted by Gasteiger charge is 2.29. The van der Waals surface area contributed by atoms with Gasteiger partial charge in [-0.25, -0.2) is 0 Å². The largest absolute Gasteiger partial charge is 0.370 e. The van der Waals surface area contributed by atoms with Gasteiger partial charge in [0.1, 0.15) is 0 Å². The minimum Gasteiger partial charge on any atom is -0.370 e. The topological polar surface area (TPSA) is 23.6 Å². The molecule has 0 spiro atoms. The Morgan fingerprint density at radius 2 is 2.16 bits per heavy atom. The van der Waals surface area contributed by atoms with E-state index < -0.39 is 0 Å². The van der Waals surface area contributed by atoms with Crippen LogP contribution in [0.4, 0.5) is 5.69 Å². The number of likely N-dealkylation sites (tertiary alicyclic amines) is 1. The van der Waals surface area contributed by atoms with Gasteiger partial charge in [-0.3, -0.25) is 4.79 Å². The molecule has 3 nitrogen and oxygen atoms in total. The van der Waals surface area contributed by atoms with E-state index in [4.69, 9.17) is 0 Å². The minimum atomic E-state index is 0.248. The number of carbonyl (C=O) groups is 1. The Balaban J connectivity index is 1.96. The second-order valence-electron chi connectivity index (χ2n) is 5.29. The van der Waals surface area contributed by atoms with Gasteiger partial charge in [0.15, 0.2) is 0 Å². The summed E-state index contributed by atoms with van der Waals surface area (Å²) in [7, 11) is 2.07. The third-order valence-electron chi connectivity index (χ3n) is 3.89. The molecule has 1 amide bonds. The minimum absolute atomic E-state index is 0.248. The number of para-hydroxylation sites is 1. The van der Waals surface area contributed by atoms with Crippen LogP contribution in [0.3, 0.4) is 0 Å². The van der Waals surface area contributed by atoms with Crippen LogP contribution in [0.25, 0.3) is 0 Å². The smallest absolute Gasteiger partial charge is 0.223 e. The summed E-state index contributed by atoms with van der Waals surface area (Å²) in [6.45, 7) is 7.53. The average molecular weight is 258 g/mol. The van der Waals surface area contributed by atoms with E-state index in [1.165, 1.54) is 5.69 Å². The first-order valence-corrected chi connectivity index (χ1v) is 6.80. The number of hydrogen-bond acceptors (Lipinski definition) is 2. The van der Waals surface area contributed by atoms with Crippen LogP contribution < -0.4 is 4.90 Å². The molecule has 3 heteroatoms. The number of nitrogens with zero attached hydrogens (tertiary/aromatic N) is 2. The molecule has 0 aliphatic carbocycles. The van der Waals surface area contributed by atoms with E-state index in [0.29, 0.717) is 18.4 Å². The summed E-state index contributed by atoms with van der Waals surface area (Å²) >= 11 is 0. The van der Waals surface area contributed by atoms with Gasteiger partial charge in [0.05, 0.1) is 0 Å². The molecule has 1 aliphatic rings. The molecular formula is C16H22N2O. The fourth-order valence-corrected chi connectivity index (χ4v) is 2.50. The summed E-state index contributed by atoms with van der Waals surface area (Å²) in [5.74, 6) is 0.569. The van der Waals surface area contributed by atoms with Crippen LogP contribution in [-0.2, 0) is 4.79 Å². The van der Waals surface area contributed by atoms with E-state index in [-0.39, 0.29) is 5.91 Å². The lowest BCUT2D eigenvalue weighted by atomic mass is 10.1. The van der Waals surface area contributed by atoms with E-state index in [0.717, 1.165) is 13.1 Å². The first-order valence-electron chi connectivity index (χ1n) is 6.80. The van der Waals surface area contributed by atoms with Crippen LogP contribution in [0.2, 0.25) is 0 Å². The Morgan fingerprint density at radius 1 is 1.47 bits per heavy atom. The molecular weight excluding hydrogens is 236 g/mol. The van der Waals surface area contributed by atoms with Crippen molar-refractivity contribution in [2.45, 2.75) is 19.4 Å². The summed E-state index contributed by atoms with van der Waals surface area (Å²) in [6.07, 6.45) is 2.51. The fourth-order valence-electron chi connectivity index (χ4n) is 2.50. The number of amides is 1. The zero-order valence-electron chi connectivity index (χ0n) is 11.7. The normalized spacial score (nSPS) is 20.4. The summed E-state index contributed by atoms with van der Waals surface area (Å²) in [5, 5.41) is 0. The Labute approximate surface area is 115 Å². The third-order valence-corrected chi connectivity index (χ3v) is 3.89. The molecule has 1 heterocycles. The maximum Gasteiger partial charge on any atom is 0.223 e. The SMILES string of the molecule is C=CC1CC(=O)N(CC(C)N(C)c2ccccc2)C1. The highest BCUT2D eigenvalue weighted by Crippen LogP contribution is 2.21. The number of anilines is 1. The molecule has 1 aromatic rings. The first kappa shape index (κ1) is 13.7. The lowest BCUT2D eigenvalue weighted by Crippen LogP contribution is -2.41. The molecule has 19 heavy (non-hydrogen) atoms. The quantitative estimate of drug-likeness (QED) is 0.758. The van der Waals surface area contributed by atoms with Gasteiger partial charge in [0.2, 0.25) is 5.91 Å². The molecule has 2 atom stereocenters.